The fourth-order valence-electron chi connectivity index (χ4n) is 3.07. The van der Waals surface area contributed by atoms with Crippen LogP contribution in [-0.2, 0) is 9.59 Å². The summed E-state index contributed by atoms with van der Waals surface area (Å²) in [6.07, 6.45) is 4.22. The van der Waals surface area contributed by atoms with Gasteiger partial charge in [0.25, 0.3) is 0 Å². The number of hydrogen-bond donors (Lipinski definition) is 0. The highest BCUT2D eigenvalue weighted by Crippen LogP contribution is 2.45. The van der Waals surface area contributed by atoms with E-state index in [1.165, 1.54) is 12.1 Å². The van der Waals surface area contributed by atoms with Crippen LogP contribution in [0.1, 0.15) is 24.3 Å². The average Bonchev–Trinajstić information content (AvgIpc) is 2.68. The van der Waals surface area contributed by atoms with Gasteiger partial charge in [-0.3, -0.25) is 9.59 Å². The molecule has 0 N–H and O–H groups in total. The summed E-state index contributed by atoms with van der Waals surface area (Å²) in [6.45, 7) is 0. The molecule has 0 bridgehead atoms. The topological polar surface area (TPSA) is 34.1 Å². The monoisotopic (exact) mass is 244 g/mol. The van der Waals surface area contributed by atoms with Crippen molar-refractivity contribution in [2.75, 3.05) is 0 Å². The highest BCUT2D eigenvalue weighted by molar-refractivity contribution is 5.97. The van der Waals surface area contributed by atoms with Gasteiger partial charge in [-0.2, -0.15) is 0 Å². The minimum absolute atomic E-state index is 0.0318. The third-order valence-electron chi connectivity index (χ3n) is 3.99. The second-order valence-corrected chi connectivity index (χ2v) is 5.04. The molecule has 92 valence electrons. The van der Waals surface area contributed by atoms with Gasteiger partial charge in [-0.15, -0.1) is 0 Å². The zero-order chi connectivity index (χ0) is 12.7. The molecule has 1 aromatic rings. The molecule has 3 atom stereocenters. The van der Waals surface area contributed by atoms with E-state index in [4.69, 9.17) is 0 Å². The lowest BCUT2D eigenvalue weighted by atomic mass is 9.79. The molecule has 2 aliphatic carbocycles. The van der Waals surface area contributed by atoms with E-state index in [2.05, 4.69) is 0 Å². The maximum Gasteiger partial charge on any atom is 0.156 e. The van der Waals surface area contributed by atoms with Crippen molar-refractivity contribution in [1.29, 1.82) is 0 Å². The van der Waals surface area contributed by atoms with Gasteiger partial charge in [-0.05, 0) is 35.6 Å². The number of carbonyl (C=O) groups is 2. The highest BCUT2D eigenvalue weighted by Gasteiger charge is 2.43. The van der Waals surface area contributed by atoms with Crippen LogP contribution in [0.2, 0.25) is 0 Å². The first-order valence-corrected chi connectivity index (χ1v) is 6.14. The molecular formula is C15H13FO2. The summed E-state index contributed by atoms with van der Waals surface area (Å²) in [6, 6.07) is 6.31. The lowest BCUT2D eigenvalue weighted by Crippen LogP contribution is -2.22. The van der Waals surface area contributed by atoms with Crippen molar-refractivity contribution >= 4 is 11.6 Å². The first-order chi connectivity index (χ1) is 8.65. The van der Waals surface area contributed by atoms with Crippen molar-refractivity contribution < 1.29 is 14.0 Å². The van der Waals surface area contributed by atoms with Crippen LogP contribution in [0.25, 0.3) is 0 Å². The molecule has 1 aromatic carbocycles. The molecule has 2 nitrogen and oxygen atoms in total. The van der Waals surface area contributed by atoms with E-state index in [1.807, 2.05) is 6.08 Å². The van der Waals surface area contributed by atoms with Gasteiger partial charge in [0.2, 0.25) is 0 Å². The quantitative estimate of drug-likeness (QED) is 0.761. The molecule has 0 aliphatic heterocycles. The molecule has 0 radical (unpaired) electrons. The van der Waals surface area contributed by atoms with E-state index >= 15 is 0 Å². The summed E-state index contributed by atoms with van der Waals surface area (Å²) in [5, 5.41) is 0. The lowest BCUT2D eigenvalue weighted by Gasteiger charge is -2.23. The maximum absolute atomic E-state index is 12.9. The Balaban J connectivity index is 1.94. The molecule has 0 aromatic heterocycles. The second kappa shape index (κ2) is 4.16. The molecule has 0 unspecified atom stereocenters. The fourth-order valence-corrected chi connectivity index (χ4v) is 3.07. The van der Waals surface area contributed by atoms with Gasteiger partial charge in [0, 0.05) is 18.8 Å². The third kappa shape index (κ3) is 1.80. The summed E-state index contributed by atoms with van der Waals surface area (Å²) in [7, 11) is 0. The molecule has 1 saturated carbocycles. The van der Waals surface area contributed by atoms with Crippen molar-refractivity contribution in [2.24, 2.45) is 11.8 Å². The van der Waals surface area contributed by atoms with Gasteiger partial charge in [-0.1, -0.05) is 18.2 Å². The van der Waals surface area contributed by atoms with Crippen LogP contribution in [0.4, 0.5) is 4.39 Å². The minimum Gasteiger partial charge on any atom is -0.299 e. The molecule has 3 rings (SSSR count). The van der Waals surface area contributed by atoms with Crippen molar-refractivity contribution in [3.05, 3.63) is 47.8 Å². The van der Waals surface area contributed by atoms with Gasteiger partial charge in [0.1, 0.15) is 11.6 Å². The summed E-state index contributed by atoms with van der Waals surface area (Å²) < 4.78 is 12.9. The van der Waals surface area contributed by atoms with Gasteiger partial charge in [0.05, 0.1) is 0 Å². The van der Waals surface area contributed by atoms with E-state index in [-0.39, 0.29) is 35.1 Å². The van der Waals surface area contributed by atoms with Crippen LogP contribution in [0.15, 0.2) is 36.4 Å². The van der Waals surface area contributed by atoms with Crippen LogP contribution >= 0.6 is 0 Å². The molecule has 0 spiro atoms. The van der Waals surface area contributed by atoms with Crippen molar-refractivity contribution in [3.63, 3.8) is 0 Å². The van der Waals surface area contributed by atoms with Crippen LogP contribution in [0.5, 0.6) is 0 Å². The van der Waals surface area contributed by atoms with E-state index in [0.717, 1.165) is 5.56 Å². The van der Waals surface area contributed by atoms with Crippen LogP contribution in [0, 0.1) is 17.7 Å². The Kier molecular flexibility index (Phi) is 2.62. The number of halogens is 1. The molecule has 0 heterocycles. The predicted octanol–water partition coefficient (Wildman–Crippen LogP) is 2.64. The molecule has 3 heteroatoms. The Bertz CT molecular complexity index is 530. The van der Waals surface area contributed by atoms with Gasteiger partial charge in [-0.25, -0.2) is 4.39 Å². The number of ketones is 2. The molecule has 0 amide bonds. The smallest absolute Gasteiger partial charge is 0.156 e. The van der Waals surface area contributed by atoms with Gasteiger partial charge >= 0.3 is 0 Å². The maximum atomic E-state index is 12.9. The largest absolute Gasteiger partial charge is 0.299 e. The zero-order valence-corrected chi connectivity index (χ0v) is 9.80. The van der Waals surface area contributed by atoms with Crippen molar-refractivity contribution in [3.8, 4) is 0 Å². The van der Waals surface area contributed by atoms with Gasteiger partial charge in [0.15, 0.2) is 5.78 Å². The number of hydrogen-bond acceptors (Lipinski definition) is 2. The molecular weight excluding hydrogens is 231 g/mol. The second-order valence-electron chi connectivity index (χ2n) is 5.04. The average molecular weight is 244 g/mol. The molecule has 2 aliphatic rings. The summed E-state index contributed by atoms with van der Waals surface area (Å²) >= 11 is 0. The summed E-state index contributed by atoms with van der Waals surface area (Å²) in [5.74, 6) is -0.0592. The molecule has 18 heavy (non-hydrogen) atoms. The highest BCUT2D eigenvalue weighted by atomic mass is 19.1. The number of rotatable bonds is 1. The minimum atomic E-state index is -0.269. The number of allylic oxidation sites excluding steroid dienone is 2. The van der Waals surface area contributed by atoms with Crippen LogP contribution in [-0.4, -0.2) is 11.6 Å². The first-order valence-electron chi connectivity index (χ1n) is 6.14. The molecule has 1 fully saturated rings. The Labute approximate surface area is 105 Å². The predicted molar refractivity (Wildman–Crippen MR) is 64.5 cm³/mol. The Hall–Kier alpha value is -1.77. The summed E-state index contributed by atoms with van der Waals surface area (Å²) in [5.41, 5.74) is 0.983. The normalized spacial score (nSPS) is 30.6. The summed E-state index contributed by atoms with van der Waals surface area (Å²) in [4.78, 5) is 23.3. The van der Waals surface area contributed by atoms with Crippen molar-refractivity contribution in [1.82, 2.24) is 0 Å². The Morgan fingerprint density at radius 2 is 1.72 bits per heavy atom. The van der Waals surface area contributed by atoms with E-state index < -0.39 is 0 Å². The number of benzene rings is 1. The number of carbonyl (C=O) groups excluding carboxylic acids is 2. The Morgan fingerprint density at radius 1 is 1.00 bits per heavy atom. The van der Waals surface area contributed by atoms with E-state index in [0.29, 0.717) is 12.8 Å². The SMILES string of the molecule is O=C1C=C[C@@H]2[C@@H](c3ccc(F)cc3)CC(=O)[C@@H]2C1. The van der Waals surface area contributed by atoms with Crippen LogP contribution in [0.3, 0.4) is 0 Å². The van der Waals surface area contributed by atoms with Crippen molar-refractivity contribution in [2.45, 2.75) is 18.8 Å². The van der Waals surface area contributed by atoms with Crippen LogP contribution < -0.4 is 0 Å². The third-order valence-corrected chi connectivity index (χ3v) is 3.99. The Morgan fingerprint density at radius 3 is 2.44 bits per heavy atom. The molecule has 0 saturated heterocycles. The van der Waals surface area contributed by atoms with E-state index in [9.17, 15) is 14.0 Å². The number of fused-ring (bicyclic) bond motifs is 1. The van der Waals surface area contributed by atoms with Gasteiger partial charge < -0.3 is 0 Å². The standard InChI is InChI=1S/C15H13FO2/c16-10-3-1-9(2-4-10)13-8-15(18)14-7-11(17)5-6-12(13)14/h1-6,12-14H,7-8H2/t12-,13-,14-/m1/s1. The van der Waals surface area contributed by atoms with E-state index in [1.54, 1.807) is 18.2 Å². The first kappa shape index (κ1) is 11.3. The lowest BCUT2D eigenvalue weighted by molar-refractivity contribution is -0.125. The zero-order valence-electron chi connectivity index (χ0n) is 9.80. The fraction of sp³-hybridized carbons (Fsp3) is 0.333. The number of Topliss-reactive ketones (excluding diaryl/α,β-unsaturated/α-hetero) is 1.